The Bertz CT molecular complexity index is 169. The summed E-state index contributed by atoms with van der Waals surface area (Å²) < 4.78 is 5.46. The molecular formula is C11H22N2O. The maximum atomic E-state index is 5.46. The second kappa shape index (κ2) is 5.10. The third-order valence-corrected chi connectivity index (χ3v) is 3.43. The molecule has 3 nitrogen and oxygen atoms in total. The van der Waals surface area contributed by atoms with Crippen LogP contribution in [0.1, 0.15) is 26.2 Å². The van der Waals surface area contributed by atoms with E-state index in [1.165, 1.54) is 25.8 Å². The summed E-state index contributed by atoms with van der Waals surface area (Å²) in [7, 11) is 0. The minimum absolute atomic E-state index is 0.709. The van der Waals surface area contributed by atoms with Gasteiger partial charge in [-0.1, -0.05) is 6.92 Å². The normalized spacial score (nSPS) is 34.1. The molecule has 2 atom stereocenters. The van der Waals surface area contributed by atoms with Gasteiger partial charge in [-0.25, -0.2) is 0 Å². The van der Waals surface area contributed by atoms with Gasteiger partial charge in [0.25, 0.3) is 0 Å². The molecule has 2 rings (SSSR count). The molecule has 0 aromatic heterocycles. The Morgan fingerprint density at radius 3 is 3.07 bits per heavy atom. The molecule has 1 N–H and O–H groups in total. The number of hydrogen-bond acceptors (Lipinski definition) is 3. The van der Waals surface area contributed by atoms with Crippen LogP contribution in [0, 0.1) is 0 Å². The van der Waals surface area contributed by atoms with Crippen molar-refractivity contribution in [1.82, 2.24) is 10.2 Å². The van der Waals surface area contributed by atoms with Gasteiger partial charge in [-0.15, -0.1) is 0 Å². The number of hydrogen-bond donors (Lipinski definition) is 1. The lowest BCUT2D eigenvalue weighted by atomic mass is 10.1. The fraction of sp³-hybridized carbons (Fsp3) is 1.00. The van der Waals surface area contributed by atoms with Crippen molar-refractivity contribution in [2.45, 2.75) is 38.3 Å². The topological polar surface area (TPSA) is 24.5 Å². The lowest BCUT2D eigenvalue weighted by molar-refractivity contribution is 0.134. The highest BCUT2D eigenvalue weighted by Crippen LogP contribution is 2.23. The molecule has 2 heterocycles. The van der Waals surface area contributed by atoms with E-state index in [0.29, 0.717) is 6.04 Å². The van der Waals surface area contributed by atoms with E-state index in [-0.39, 0.29) is 0 Å². The van der Waals surface area contributed by atoms with Gasteiger partial charge in [-0.2, -0.15) is 0 Å². The van der Waals surface area contributed by atoms with E-state index >= 15 is 0 Å². The highest BCUT2D eigenvalue weighted by molar-refractivity contribution is 4.87. The van der Waals surface area contributed by atoms with Gasteiger partial charge < -0.3 is 10.1 Å². The van der Waals surface area contributed by atoms with E-state index in [2.05, 4.69) is 17.1 Å². The predicted molar refractivity (Wildman–Crippen MR) is 57.5 cm³/mol. The number of likely N-dealkylation sites (N-methyl/N-ethyl adjacent to an activating group) is 1. The monoisotopic (exact) mass is 198 g/mol. The SMILES string of the molecule is CCNCC1CCCN1C1CCOC1. The molecule has 2 aliphatic rings. The molecule has 3 heteroatoms. The summed E-state index contributed by atoms with van der Waals surface area (Å²) in [5.74, 6) is 0. The maximum Gasteiger partial charge on any atom is 0.0622 e. The molecule has 0 aromatic carbocycles. The summed E-state index contributed by atoms with van der Waals surface area (Å²) in [5.41, 5.74) is 0. The Hall–Kier alpha value is -0.120. The van der Waals surface area contributed by atoms with Gasteiger partial charge in [-0.05, 0) is 32.4 Å². The van der Waals surface area contributed by atoms with Crippen molar-refractivity contribution in [2.24, 2.45) is 0 Å². The Labute approximate surface area is 86.8 Å². The summed E-state index contributed by atoms with van der Waals surface area (Å²) in [6, 6.07) is 1.47. The highest BCUT2D eigenvalue weighted by Gasteiger charge is 2.32. The number of likely N-dealkylation sites (tertiary alicyclic amines) is 1. The maximum absolute atomic E-state index is 5.46. The second-order valence-electron chi connectivity index (χ2n) is 4.36. The summed E-state index contributed by atoms with van der Waals surface area (Å²) in [5, 5.41) is 3.46. The van der Waals surface area contributed by atoms with Gasteiger partial charge in [-0.3, -0.25) is 4.90 Å². The summed E-state index contributed by atoms with van der Waals surface area (Å²) in [6.07, 6.45) is 3.97. The van der Waals surface area contributed by atoms with Crippen LogP contribution in [0.3, 0.4) is 0 Å². The van der Waals surface area contributed by atoms with Crippen LogP contribution in [0.15, 0.2) is 0 Å². The van der Waals surface area contributed by atoms with Gasteiger partial charge in [0.05, 0.1) is 6.61 Å². The summed E-state index contributed by atoms with van der Waals surface area (Å²) in [4.78, 5) is 2.66. The van der Waals surface area contributed by atoms with Crippen LogP contribution in [0.5, 0.6) is 0 Å². The first-order valence-corrected chi connectivity index (χ1v) is 5.96. The Morgan fingerprint density at radius 1 is 1.43 bits per heavy atom. The van der Waals surface area contributed by atoms with Crippen molar-refractivity contribution >= 4 is 0 Å². The van der Waals surface area contributed by atoms with Gasteiger partial charge in [0.2, 0.25) is 0 Å². The fourth-order valence-electron chi connectivity index (χ4n) is 2.65. The van der Waals surface area contributed by atoms with Crippen LogP contribution in [-0.2, 0) is 4.74 Å². The Morgan fingerprint density at radius 2 is 2.36 bits per heavy atom. The first-order chi connectivity index (χ1) is 6.92. The molecule has 0 bridgehead atoms. The molecule has 0 aromatic rings. The largest absolute Gasteiger partial charge is 0.380 e. The van der Waals surface area contributed by atoms with E-state index in [1.807, 2.05) is 0 Å². The molecule has 2 saturated heterocycles. The van der Waals surface area contributed by atoms with Gasteiger partial charge in [0.15, 0.2) is 0 Å². The average molecular weight is 198 g/mol. The van der Waals surface area contributed by atoms with Crippen molar-refractivity contribution in [3.8, 4) is 0 Å². The molecule has 2 unspecified atom stereocenters. The molecule has 2 aliphatic heterocycles. The van der Waals surface area contributed by atoms with Crippen molar-refractivity contribution in [2.75, 3.05) is 32.8 Å². The minimum atomic E-state index is 0.709. The minimum Gasteiger partial charge on any atom is -0.380 e. The molecule has 0 saturated carbocycles. The summed E-state index contributed by atoms with van der Waals surface area (Å²) >= 11 is 0. The van der Waals surface area contributed by atoms with Crippen molar-refractivity contribution < 1.29 is 4.74 Å². The zero-order chi connectivity index (χ0) is 9.80. The second-order valence-corrected chi connectivity index (χ2v) is 4.36. The number of nitrogens with one attached hydrogen (secondary N) is 1. The first-order valence-electron chi connectivity index (χ1n) is 5.96. The van der Waals surface area contributed by atoms with Gasteiger partial charge in [0.1, 0.15) is 0 Å². The lowest BCUT2D eigenvalue weighted by Gasteiger charge is -2.29. The van der Waals surface area contributed by atoms with Crippen LogP contribution in [0.25, 0.3) is 0 Å². The van der Waals surface area contributed by atoms with Crippen LogP contribution in [-0.4, -0.2) is 49.8 Å². The van der Waals surface area contributed by atoms with E-state index in [1.54, 1.807) is 0 Å². The molecule has 0 radical (unpaired) electrons. The van der Waals surface area contributed by atoms with Gasteiger partial charge in [0, 0.05) is 25.2 Å². The standard InChI is InChI=1S/C11H22N2O/c1-2-12-8-10-4-3-6-13(10)11-5-7-14-9-11/h10-12H,2-9H2,1H3. The van der Waals surface area contributed by atoms with Crippen LogP contribution in [0.2, 0.25) is 0 Å². The molecule has 14 heavy (non-hydrogen) atoms. The molecular weight excluding hydrogens is 176 g/mol. The number of nitrogens with zero attached hydrogens (tertiary/aromatic N) is 1. The zero-order valence-electron chi connectivity index (χ0n) is 9.17. The third kappa shape index (κ3) is 2.27. The smallest absolute Gasteiger partial charge is 0.0622 e. The molecule has 2 fully saturated rings. The van der Waals surface area contributed by atoms with Crippen LogP contribution in [0.4, 0.5) is 0 Å². The lowest BCUT2D eigenvalue weighted by Crippen LogP contribution is -2.44. The van der Waals surface area contributed by atoms with Gasteiger partial charge >= 0.3 is 0 Å². The van der Waals surface area contributed by atoms with Crippen molar-refractivity contribution in [1.29, 1.82) is 0 Å². The Balaban J connectivity index is 1.82. The van der Waals surface area contributed by atoms with E-state index in [4.69, 9.17) is 4.74 Å². The molecule has 0 spiro atoms. The summed E-state index contributed by atoms with van der Waals surface area (Å²) in [6.45, 7) is 7.64. The number of rotatable bonds is 4. The van der Waals surface area contributed by atoms with Crippen LogP contribution >= 0.6 is 0 Å². The van der Waals surface area contributed by atoms with E-state index in [0.717, 1.165) is 32.3 Å². The Kier molecular flexibility index (Phi) is 3.79. The zero-order valence-corrected chi connectivity index (χ0v) is 9.17. The molecule has 82 valence electrons. The number of ether oxygens (including phenoxy) is 1. The predicted octanol–water partition coefficient (Wildman–Crippen LogP) is 0.849. The molecule has 0 amide bonds. The van der Waals surface area contributed by atoms with E-state index in [9.17, 15) is 0 Å². The fourth-order valence-corrected chi connectivity index (χ4v) is 2.65. The van der Waals surface area contributed by atoms with Crippen molar-refractivity contribution in [3.05, 3.63) is 0 Å². The van der Waals surface area contributed by atoms with E-state index < -0.39 is 0 Å². The average Bonchev–Trinajstić information content (AvgIpc) is 2.84. The molecule has 0 aliphatic carbocycles. The third-order valence-electron chi connectivity index (χ3n) is 3.43. The first kappa shape index (κ1) is 10.4. The highest BCUT2D eigenvalue weighted by atomic mass is 16.5. The van der Waals surface area contributed by atoms with Crippen LogP contribution < -0.4 is 5.32 Å². The quantitative estimate of drug-likeness (QED) is 0.725. The van der Waals surface area contributed by atoms with Crippen molar-refractivity contribution in [3.63, 3.8) is 0 Å².